The number of hydrogen-bond acceptors (Lipinski definition) is 2. The Kier molecular flexibility index (Phi) is 5.08. The van der Waals surface area contributed by atoms with Gasteiger partial charge in [0, 0.05) is 38.2 Å². The minimum absolute atomic E-state index is 0.0824. The smallest absolute Gasteiger partial charge is 0.251 e. The Morgan fingerprint density at radius 3 is 2.36 bits per heavy atom. The van der Waals surface area contributed by atoms with Crippen LogP contribution in [0.25, 0.3) is 22.0 Å². The zero-order valence-electron chi connectivity index (χ0n) is 14.9. The van der Waals surface area contributed by atoms with Crippen LogP contribution in [-0.2, 0) is 7.05 Å². The van der Waals surface area contributed by atoms with E-state index in [1.807, 2.05) is 36.4 Å². The average Bonchev–Trinajstić information content (AvgIpc) is 2.70. The summed E-state index contributed by atoms with van der Waals surface area (Å²) in [7, 11) is 1.74. The summed E-state index contributed by atoms with van der Waals surface area (Å²) in [6.07, 6.45) is 0. The van der Waals surface area contributed by atoms with Crippen LogP contribution < -0.4 is 5.56 Å². The molecule has 0 aliphatic heterocycles. The first-order valence-corrected chi connectivity index (χ1v) is 10.1. The maximum absolute atomic E-state index is 12.9. The fourth-order valence-corrected chi connectivity index (χ4v) is 3.93. The zero-order valence-corrected chi connectivity index (χ0v) is 17.9. The molecule has 1 heterocycles. The Morgan fingerprint density at radius 2 is 1.64 bits per heavy atom. The molecular weight excluding hydrogens is 485 g/mol. The number of ketones is 1. The number of hydrogen-bond donors (Lipinski definition) is 0. The molecule has 0 radical (unpaired) electrons. The molecule has 0 N–H and O–H groups in total. The largest absolute Gasteiger partial charge is 0.311 e. The van der Waals surface area contributed by atoms with Crippen molar-refractivity contribution in [1.29, 1.82) is 0 Å². The van der Waals surface area contributed by atoms with Gasteiger partial charge < -0.3 is 4.57 Å². The molecule has 4 rings (SSSR count). The number of carbonyl (C=O) groups excluding carboxylic acids is 1. The molecule has 5 heteroatoms. The number of halogens is 2. The van der Waals surface area contributed by atoms with Gasteiger partial charge in [-0.2, -0.15) is 0 Å². The lowest BCUT2D eigenvalue weighted by Crippen LogP contribution is -2.16. The van der Waals surface area contributed by atoms with Crippen molar-refractivity contribution >= 4 is 50.9 Å². The number of pyridine rings is 1. The van der Waals surface area contributed by atoms with E-state index in [1.165, 1.54) is 0 Å². The van der Waals surface area contributed by atoms with Gasteiger partial charge in [0.25, 0.3) is 5.56 Å². The van der Waals surface area contributed by atoms with Gasteiger partial charge in [-0.15, -0.1) is 0 Å². The van der Waals surface area contributed by atoms with E-state index in [0.29, 0.717) is 16.1 Å². The molecule has 138 valence electrons. The van der Waals surface area contributed by atoms with E-state index in [4.69, 9.17) is 11.6 Å². The highest BCUT2D eigenvalue weighted by Crippen LogP contribution is 2.29. The van der Waals surface area contributed by atoms with Crippen LogP contribution in [0.15, 0.2) is 77.6 Å². The molecule has 0 aliphatic carbocycles. The van der Waals surface area contributed by atoms with Crippen molar-refractivity contribution in [2.24, 2.45) is 7.05 Å². The SMILES string of the molecule is Cn1c(=O)cc(-c2cccc(I)c2)c2cc(C(=O)c3ccc(Cl)cc3)ccc21. The maximum Gasteiger partial charge on any atom is 0.251 e. The first-order chi connectivity index (χ1) is 13.4. The Labute approximate surface area is 180 Å². The quantitative estimate of drug-likeness (QED) is 0.268. The number of carbonyl (C=O) groups is 1. The lowest BCUT2D eigenvalue weighted by atomic mass is 9.96. The molecule has 0 unspecified atom stereocenters. The van der Waals surface area contributed by atoms with Crippen molar-refractivity contribution in [3.63, 3.8) is 0 Å². The van der Waals surface area contributed by atoms with Crippen molar-refractivity contribution in [3.8, 4) is 11.1 Å². The fourth-order valence-electron chi connectivity index (χ4n) is 3.27. The van der Waals surface area contributed by atoms with Crippen LogP contribution >= 0.6 is 34.2 Å². The van der Waals surface area contributed by atoms with Crippen LogP contribution in [0, 0.1) is 3.57 Å². The number of fused-ring (bicyclic) bond motifs is 1. The molecular formula is C23H15ClINO2. The van der Waals surface area contributed by atoms with Gasteiger partial charge in [0.15, 0.2) is 5.78 Å². The molecule has 1 aromatic heterocycles. The minimum Gasteiger partial charge on any atom is -0.311 e. The number of aryl methyl sites for hydroxylation is 1. The summed E-state index contributed by atoms with van der Waals surface area (Å²) in [6.45, 7) is 0. The highest BCUT2D eigenvalue weighted by molar-refractivity contribution is 14.1. The predicted molar refractivity (Wildman–Crippen MR) is 122 cm³/mol. The summed E-state index contributed by atoms with van der Waals surface area (Å²) in [4.78, 5) is 25.4. The Morgan fingerprint density at radius 1 is 0.929 bits per heavy atom. The lowest BCUT2D eigenvalue weighted by molar-refractivity contribution is 0.103. The Bertz CT molecular complexity index is 1280. The summed E-state index contributed by atoms with van der Waals surface area (Å²) in [6, 6.07) is 21.9. The van der Waals surface area contributed by atoms with E-state index in [-0.39, 0.29) is 11.3 Å². The van der Waals surface area contributed by atoms with Gasteiger partial charge in [0.2, 0.25) is 0 Å². The molecule has 3 nitrogen and oxygen atoms in total. The summed E-state index contributed by atoms with van der Waals surface area (Å²) in [5, 5.41) is 1.45. The predicted octanol–water partition coefficient (Wildman–Crippen LogP) is 5.69. The van der Waals surface area contributed by atoms with E-state index in [9.17, 15) is 9.59 Å². The highest BCUT2D eigenvalue weighted by Gasteiger charge is 2.14. The molecule has 4 aromatic rings. The van der Waals surface area contributed by atoms with Crippen molar-refractivity contribution < 1.29 is 4.79 Å². The average molecular weight is 500 g/mol. The van der Waals surface area contributed by atoms with Crippen molar-refractivity contribution in [1.82, 2.24) is 4.57 Å². The van der Waals surface area contributed by atoms with Crippen molar-refractivity contribution in [2.45, 2.75) is 0 Å². The van der Waals surface area contributed by atoms with Crippen molar-refractivity contribution in [3.05, 3.63) is 103 Å². The molecule has 0 spiro atoms. The monoisotopic (exact) mass is 499 g/mol. The van der Waals surface area contributed by atoms with E-state index in [0.717, 1.165) is 25.6 Å². The van der Waals surface area contributed by atoms with Crippen LogP contribution in [-0.4, -0.2) is 10.4 Å². The van der Waals surface area contributed by atoms with E-state index < -0.39 is 0 Å². The lowest BCUT2D eigenvalue weighted by Gasteiger charge is -2.12. The standard InChI is InChI=1S/C23H15ClINO2/c1-26-21-10-7-16(23(28)14-5-8-17(24)9-6-14)12-20(21)19(13-22(26)27)15-3-2-4-18(25)11-15/h2-13H,1H3. The van der Waals surface area contributed by atoms with Crippen molar-refractivity contribution in [2.75, 3.05) is 0 Å². The first-order valence-electron chi connectivity index (χ1n) is 8.64. The van der Waals surface area contributed by atoms with Gasteiger partial charge >= 0.3 is 0 Å². The van der Waals surface area contributed by atoms with Gasteiger partial charge in [0.1, 0.15) is 0 Å². The van der Waals surface area contributed by atoms with Crippen LogP contribution in [0.2, 0.25) is 5.02 Å². The van der Waals surface area contributed by atoms with E-state index >= 15 is 0 Å². The second kappa shape index (κ2) is 7.53. The molecule has 0 atom stereocenters. The van der Waals surface area contributed by atoms with Gasteiger partial charge in [-0.3, -0.25) is 9.59 Å². The molecule has 0 amide bonds. The Hall–Kier alpha value is -2.44. The fraction of sp³-hybridized carbons (Fsp3) is 0.0435. The number of benzene rings is 3. The maximum atomic E-state index is 12.9. The van der Waals surface area contributed by atoms with Gasteiger partial charge in [-0.05, 0) is 88.3 Å². The first kappa shape index (κ1) is 18.9. The summed E-state index contributed by atoms with van der Waals surface area (Å²) in [5.41, 5.74) is 3.62. The van der Waals surface area contributed by atoms with E-state index in [2.05, 4.69) is 22.6 Å². The van der Waals surface area contributed by atoms with E-state index in [1.54, 1.807) is 48.0 Å². The summed E-state index contributed by atoms with van der Waals surface area (Å²) in [5.74, 6) is -0.0824. The number of aromatic nitrogens is 1. The molecule has 0 fully saturated rings. The second-order valence-electron chi connectivity index (χ2n) is 6.53. The van der Waals surface area contributed by atoms with Gasteiger partial charge in [0.05, 0.1) is 5.52 Å². The third-order valence-electron chi connectivity index (χ3n) is 4.75. The highest BCUT2D eigenvalue weighted by atomic mass is 127. The van der Waals surface area contributed by atoms with Gasteiger partial charge in [-0.25, -0.2) is 0 Å². The van der Waals surface area contributed by atoms with Crippen LogP contribution in [0.3, 0.4) is 0 Å². The number of rotatable bonds is 3. The second-order valence-corrected chi connectivity index (χ2v) is 8.22. The Balaban J connectivity index is 1.94. The molecule has 0 saturated heterocycles. The minimum atomic E-state index is -0.0851. The van der Waals surface area contributed by atoms with Crippen LogP contribution in [0.1, 0.15) is 15.9 Å². The topological polar surface area (TPSA) is 39.1 Å². The summed E-state index contributed by atoms with van der Waals surface area (Å²) >= 11 is 8.18. The normalized spacial score (nSPS) is 11.0. The molecule has 3 aromatic carbocycles. The molecule has 0 bridgehead atoms. The zero-order chi connectivity index (χ0) is 19.8. The van der Waals surface area contributed by atoms with Gasteiger partial charge in [-0.1, -0.05) is 23.7 Å². The third kappa shape index (κ3) is 3.50. The number of nitrogens with zero attached hydrogens (tertiary/aromatic N) is 1. The molecule has 0 aliphatic rings. The summed E-state index contributed by atoms with van der Waals surface area (Å²) < 4.78 is 2.68. The molecule has 0 saturated carbocycles. The molecule has 28 heavy (non-hydrogen) atoms. The van der Waals surface area contributed by atoms with Crippen LogP contribution in [0.4, 0.5) is 0 Å². The van der Waals surface area contributed by atoms with Crippen LogP contribution in [0.5, 0.6) is 0 Å². The third-order valence-corrected chi connectivity index (χ3v) is 5.67.